The van der Waals surface area contributed by atoms with E-state index in [1.807, 2.05) is 0 Å². The van der Waals surface area contributed by atoms with Gasteiger partial charge in [0.15, 0.2) is 0 Å². The van der Waals surface area contributed by atoms with Crippen LogP contribution in [0, 0.1) is 5.92 Å². The number of para-hydroxylation sites is 2. The van der Waals surface area contributed by atoms with Crippen molar-refractivity contribution in [2.75, 3.05) is 30.8 Å². The van der Waals surface area contributed by atoms with E-state index in [4.69, 9.17) is 4.74 Å². The van der Waals surface area contributed by atoms with Gasteiger partial charge in [0.05, 0.1) is 45.6 Å². The number of hydrogen-bond acceptors (Lipinski definition) is 6. The third kappa shape index (κ3) is 6.45. The molecule has 2 amide bonds. The summed E-state index contributed by atoms with van der Waals surface area (Å²) in [5.41, 5.74) is -0.687. The van der Waals surface area contributed by atoms with Crippen molar-refractivity contribution >= 4 is 46.1 Å². The second kappa shape index (κ2) is 11.8. The molecular weight excluding hydrogens is 519 g/mol. The molecule has 1 saturated heterocycles. The van der Waals surface area contributed by atoms with Gasteiger partial charge < -0.3 is 15.0 Å². The average Bonchev–Trinajstić information content (AvgIpc) is 2.91. The molecular formula is C27H26F3N3O4S. The van der Waals surface area contributed by atoms with E-state index < -0.39 is 17.6 Å². The molecule has 4 rings (SSSR count). The Hall–Kier alpha value is -3.60. The molecule has 0 aliphatic carbocycles. The molecule has 0 saturated carbocycles. The predicted molar refractivity (Wildman–Crippen MR) is 138 cm³/mol. The van der Waals surface area contributed by atoms with Gasteiger partial charge in [0, 0.05) is 18.5 Å². The summed E-state index contributed by atoms with van der Waals surface area (Å²) in [6.07, 6.45) is -3.28. The number of ether oxygens (including phenoxy) is 1. The number of thioether (sulfide) groups is 1. The zero-order chi connectivity index (χ0) is 27.3. The number of nitrogens with zero attached hydrogens (tertiary/aromatic N) is 2. The molecule has 1 fully saturated rings. The zero-order valence-electron chi connectivity index (χ0n) is 20.6. The minimum absolute atomic E-state index is 0.0266. The summed E-state index contributed by atoms with van der Waals surface area (Å²) < 4.78 is 45.4. The molecule has 1 aromatic heterocycles. The van der Waals surface area contributed by atoms with Crippen molar-refractivity contribution in [3.05, 3.63) is 65.7 Å². The van der Waals surface area contributed by atoms with Crippen molar-refractivity contribution in [3.8, 4) is 0 Å². The highest BCUT2D eigenvalue weighted by Crippen LogP contribution is 2.35. The number of benzene rings is 2. The smallest absolute Gasteiger partial charge is 0.418 e. The Morgan fingerprint density at radius 3 is 2.63 bits per heavy atom. The minimum Gasteiger partial charge on any atom is -0.466 e. The quantitative estimate of drug-likeness (QED) is 0.316. The van der Waals surface area contributed by atoms with E-state index in [1.54, 1.807) is 36.1 Å². The zero-order valence-corrected chi connectivity index (χ0v) is 21.4. The lowest BCUT2D eigenvalue weighted by Gasteiger charge is -2.31. The maximum absolute atomic E-state index is 13.4. The molecule has 2 heterocycles. The Balaban J connectivity index is 1.52. The summed E-state index contributed by atoms with van der Waals surface area (Å²) in [5.74, 6) is -1.53. The number of anilines is 1. The number of piperidine rings is 1. The van der Waals surface area contributed by atoms with Gasteiger partial charge in [0.25, 0.3) is 5.91 Å². The molecule has 7 nitrogen and oxygen atoms in total. The van der Waals surface area contributed by atoms with Gasteiger partial charge in [0.2, 0.25) is 5.91 Å². The highest BCUT2D eigenvalue weighted by molar-refractivity contribution is 7.99. The number of halogens is 3. The molecule has 2 aromatic carbocycles. The number of aromatic nitrogens is 1. The molecule has 11 heteroatoms. The van der Waals surface area contributed by atoms with Gasteiger partial charge in [-0.1, -0.05) is 42.1 Å². The number of carbonyl (C=O) groups excluding carboxylic acids is 3. The number of esters is 1. The Morgan fingerprint density at radius 1 is 1.13 bits per heavy atom. The lowest BCUT2D eigenvalue weighted by Crippen LogP contribution is -2.43. The number of amides is 2. The van der Waals surface area contributed by atoms with Crippen LogP contribution in [0.3, 0.4) is 0 Å². The first-order chi connectivity index (χ1) is 18.2. The van der Waals surface area contributed by atoms with Crippen molar-refractivity contribution in [2.45, 2.75) is 31.0 Å². The van der Waals surface area contributed by atoms with Gasteiger partial charge in [0.1, 0.15) is 0 Å². The summed E-state index contributed by atoms with van der Waals surface area (Å²) in [6.45, 7) is 2.84. The van der Waals surface area contributed by atoms with Crippen molar-refractivity contribution in [1.29, 1.82) is 0 Å². The van der Waals surface area contributed by atoms with Crippen molar-refractivity contribution < 1.29 is 32.3 Å². The van der Waals surface area contributed by atoms with Gasteiger partial charge in [-0.3, -0.25) is 14.4 Å². The number of likely N-dealkylation sites (tertiary alicyclic amines) is 1. The van der Waals surface area contributed by atoms with Crippen LogP contribution in [0.15, 0.2) is 59.6 Å². The monoisotopic (exact) mass is 545 g/mol. The largest absolute Gasteiger partial charge is 0.466 e. The number of nitrogens with one attached hydrogen (secondary N) is 1. The summed E-state index contributed by atoms with van der Waals surface area (Å²) in [7, 11) is 0. The number of alkyl halides is 3. The fourth-order valence-electron chi connectivity index (χ4n) is 4.33. The van der Waals surface area contributed by atoms with Crippen LogP contribution in [-0.4, -0.2) is 53.1 Å². The van der Waals surface area contributed by atoms with E-state index >= 15 is 0 Å². The van der Waals surface area contributed by atoms with Crippen LogP contribution in [-0.2, 0) is 20.5 Å². The maximum atomic E-state index is 13.4. The lowest BCUT2D eigenvalue weighted by molar-refractivity contribution is -0.151. The van der Waals surface area contributed by atoms with Crippen molar-refractivity contribution in [2.24, 2.45) is 5.92 Å². The van der Waals surface area contributed by atoms with Gasteiger partial charge in [-0.25, -0.2) is 4.98 Å². The second-order valence-electron chi connectivity index (χ2n) is 8.74. The summed E-state index contributed by atoms with van der Waals surface area (Å²) in [6, 6.07) is 13.0. The van der Waals surface area contributed by atoms with Gasteiger partial charge in [-0.15, -0.1) is 0 Å². The normalized spacial score (nSPS) is 15.8. The Labute approximate surface area is 221 Å². The van der Waals surface area contributed by atoms with E-state index in [0.717, 1.165) is 17.8 Å². The van der Waals surface area contributed by atoms with Crippen LogP contribution in [0.2, 0.25) is 0 Å². The van der Waals surface area contributed by atoms with E-state index in [0.29, 0.717) is 35.3 Å². The molecule has 0 bridgehead atoms. The SMILES string of the molecule is CCOC(=O)[C@H]1CCCN(C(=O)CSc2cc(C(=O)Nc3ccccc3C(F)(F)F)c3ccccc3n2)C1. The molecule has 0 unspecified atom stereocenters. The molecule has 1 N–H and O–H groups in total. The highest BCUT2D eigenvalue weighted by atomic mass is 32.2. The van der Waals surface area contributed by atoms with Crippen molar-refractivity contribution in [1.82, 2.24) is 9.88 Å². The molecule has 38 heavy (non-hydrogen) atoms. The first-order valence-corrected chi connectivity index (χ1v) is 13.1. The van der Waals surface area contributed by atoms with E-state index in [1.165, 1.54) is 24.3 Å². The van der Waals surface area contributed by atoms with Crippen LogP contribution in [0.5, 0.6) is 0 Å². The fourth-order valence-corrected chi connectivity index (χ4v) is 5.14. The number of carbonyl (C=O) groups is 3. The summed E-state index contributed by atoms with van der Waals surface area (Å²) >= 11 is 1.12. The molecule has 0 spiro atoms. The Kier molecular flexibility index (Phi) is 8.55. The van der Waals surface area contributed by atoms with Gasteiger partial charge in [-0.05, 0) is 44.0 Å². The van der Waals surface area contributed by atoms with E-state index in [2.05, 4.69) is 10.3 Å². The third-order valence-corrected chi connectivity index (χ3v) is 7.05. The Bertz CT molecular complexity index is 1350. The minimum atomic E-state index is -4.63. The predicted octanol–water partition coefficient (Wildman–Crippen LogP) is 5.40. The average molecular weight is 546 g/mol. The number of hydrogen-bond donors (Lipinski definition) is 1. The Morgan fingerprint density at radius 2 is 1.87 bits per heavy atom. The number of rotatable bonds is 7. The van der Waals surface area contributed by atoms with Crippen LogP contribution in [0.1, 0.15) is 35.7 Å². The first-order valence-electron chi connectivity index (χ1n) is 12.1. The third-order valence-electron chi connectivity index (χ3n) is 6.16. The van der Waals surface area contributed by atoms with E-state index in [-0.39, 0.29) is 47.9 Å². The molecule has 200 valence electrons. The highest BCUT2D eigenvalue weighted by Gasteiger charge is 2.34. The van der Waals surface area contributed by atoms with Crippen LogP contribution < -0.4 is 5.32 Å². The standard InChI is InChI=1S/C27H26F3N3O4S/c1-2-37-26(36)17-8-7-13-33(15-17)24(34)16-38-23-14-19(18-9-3-5-11-21(18)31-23)25(35)32-22-12-6-4-10-20(22)27(28,29)30/h3-6,9-12,14,17H,2,7-8,13,15-16H2,1H3,(H,32,35)/t17-/m0/s1. The van der Waals surface area contributed by atoms with Crippen LogP contribution in [0.4, 0.5) is 18.9 Å². The molecule has 3 aromatic rings. The van der Waals surface area contributed by atoms with E-state index in [9.17, 15) is 27.6 Å². The topological polar surface area (TPSA) is 88.6 Å². The first kappa shape index (κ1) is 27.4. The van der Waals surface area contributed by atoms with Crippen LogP contribution >= 0.6 is 11.8 Å². The molecule has 1 aliphatic rings. The lowest BCUT2D eigenvalue weighted by atomic mass is 9.98. The fraction of sp³-hybridized carbons (Fsp3) is 0.333. The maximum Gasteiger partial charge on any atom is 0.418 e. The summed E-state index contributed by atoms with van der Waals surface area (Å²) in [4.78, 5) is 44.3. The molecule has 0 radical (unpaired) electrons. The van der Waals surface area contributed by atoms with Crippen molar-refractivity contribution in [3.63, 3.8) is 0 Å². The molecule has 1 atom stereocenters. The number of pyridine rings is 1. The van der Waals surface area contributed by atoms with Crippen LogP contribution in [0.25, 0.3) is 10.9 Å². The molecule has 1 aliphatic heterocycles. The second-order valence-corrected chi connectivity index (χ2v) is 9.74. The number of fused-ring (bicyclic) bond motifs is 1. The van der Waals surface area contributed by atoms with Gasteiger partial charge in [-0.2, -0.15) is 13.2 Å². The summed E-state index contributed by atoms with van der Waals surface area (Å²) in [5, 5.41) is 3.23. The van der Waals surface area contributed by atoms with Gasteiger partial charge >= 0.3 is 12.1 Å².